The van der Waals surface area contributed by atoms with E-state index in [0.717, 1.165) is 5.56 Å². The molecule has 0 spiro atoms. The molecule has 0 aliphatic carbocycles. The number of nitrogens with one attached hydrogen (secondary N) is 1. The maximum Gasteiger partial charge on any atom is 0.408 e. The lowest BCUT2D eigenvalue weighted by atomic mass is 10.2. The average molecular weight is 334 g/mol. The van der Waals surface area contributed by atoms with Gasteiger partial charge < -0.3 is 14.9 Å². The average Bonchev–Trinajstić information content (AvgIpc) is 2.90. The molecule has 1 heterocycles. The summed E-state index contributed by atoms with van der Waals surface area (Å²) in [6.45, 7) is 1.71. The highest BCUT2D eigenvalue weighted by Crippen LogP contribution is 2.13. The third-order valence-corrected chi connectivity index (χ3v) is 3.38. The quantitative estimate of drug-likeness (QED) is 0.787. The molecule has 1 unspecified atom stereocenters. The molecule has 0 bridgehead atoms. The first-order valence-electron chi connectivity index (χ1n) is 7.56. The fourth-order valence-corrected chi connectivity index (χ4v) is 2.05. The number of carbonyl (C=O) groups excluding carboxylic acids is 4. The van der Waals surface area contributed by atoms with Crippen LogP contribution in [0, 0.1) is 0 Å². The molecule has 1 aromatic rings. The van der Waals surface area contributed by atoms with Crippen molar-refractivity contribution in [3.8, 4) is 0 Å². The molecule has 1 saturated heterocycles. The summed E-state index contributed by atoms with van der Waals surface area (Å²) in [5.74, 6) is -2.04. The van der Waals surface area contributed by atoms with E-state index in [2.05, 4.69) is 5.32 Å². The normalized spacial score (nSPS) is 15.1. The summed E-state index contributed by atoms with van der Waals surface area (Å²) in [4.78, 5) is 51.4. The molecule has 0 radical (unpaired) electrons. The number of amides is 3. The van der Waals surface area contributed by atoms with Gasteiger partial charge in [0.25, 0.3) is 11.8 Å². The SMILES string of the molecule is CCC(NC(=O)OCc1ccccc1)C(=O)ON1C(=O)CCC1=O. The third-order valence-electron chi connectivity index (χ3n) is 3.38. The van der Waals surface area contributed by atoms with Crippen molar-refractivity contribution in [1.29, 1.82) is 0 Å². The number of ether oxygens (including phenoxy) is 1. The van der Waals surface area contributed by atoms with Crippen LogP contribution in [0.2, 0.25) is 0 Å². The van der Waals surface area contributed by atoms with E-state index in [9.17, 15) is 19.2 Å². The minimum Gasteiger partial charge on any atom is -0.445 e. The van der Waals surface area contributed by atoms with Gasteiger partial charge in [-0.25, -0.2) is 9.59 Å². The minimum atomic E-state index is -1.02. The molecule has 8 heteroatoms. The van der Waals surface area contributed by atoms with Gasteiger partial charge in [-0.05, 0) is 12.0 Å². The molecule has 1 atom stereocenters. The van der Waals surface area contributed by atoms with Gasteiger partial charge >= 0.3 is 12.1 Å². The molecule has 1 N–H and O–H groups in total. The lowest BCUT2D eigenvalue weighted by Gasteiger charge is -2.18. The minimum absolute atomic E-state index is 0.00938. The number of hydrogen-bond acceptors (Lipinski definition) is 6. The standard InChI is InChI=1S/C16H18N2O6/c1-2-12(15(21)24-18-13(19)8-9-14(18)20)17-16(22)23-10-11-6-4-3-5-7-11/h3-7,12H,2,8-10H2,1H3,(H,17,22). The van der Waals surface area contributed by atoms with Crippen molar-refractivity contribution >= 4 is 23.9 Å². The Labute approximate surface area is 138 Å². The lowest BCUT2D eigenvalue weighted by Crippen LogP contribution is -2.45. The molecule has 0 aromatic heterocycles. The number of carbonyl (C=O) groups is 4. The second-order valence-corrected chi connectivity index (χ2v) is 5.16. The maximum atomic E-state index is 12.0. The summed E-state index contributed by atoms with van der Waals surface area (Å²) in [5, 5.41) is 2.80. The molecule has 3 amide bonds. The first-order valence-corrected chi connectivity index (χ1v) is 7.56. The van der Waals surface area contributed by atoms with Crippen LogP contribution in [-0.2, 0) is 30.6 Å². The van der Waals surface area contributed by atoms with E-state index < -0.39 is 29.9 Å². The fraction of sp³-hybridized carbons (Fsp3) is 0.375. The van der Waals surface area contributed by atoms with Crippen molar-refractivity contribution in [1.82, 2.24) is 10.4 Å². The number of benzene rings is 1. The van der Waals surface area contributed by atoms with E-state index in [4.69, 9.17) is 9.57 Å². The van der Waals surface area contributed by atoms with E-state index in [1.807, 2.05) is 18.2 Å². The van der Waals surface area contributed by atoms with Crippen LogP contribution in [0.3, 0.4) is 0 Å². The summed E-state index contributed by atoms with van der Waals surface area (Å²) in [7, 11) is 0. The van der Waals surface area contributed by atoms with Gasteiger partial charge in [0, 0.05) is 12.8 Å². The van der Waals surface area contributed by atoms with Gasteiger partial charge in [0.05, 0.1) is 0 Å². The molecule has 0 saturated carbocycles. The van der Waals surface area contributed by atoms with Crippen molar-refractivity contribution in [2.45, 2.75) is 38.8 Å². The van der Waals surface area contributed by atoms with E-state index in [0.29, 0.717) is 5.06 Å². The van der Waals surface area contributed by atoms with Crippen molar-refractivity contribution in [3.63, 3.8) is 0 Å². The number of hydroxylamine groups is 2. The van der Waals surface area contributed by atoms with Gasteiger partial charge in [-0.2, -0.15) is 0 Å². The van der Waals surface area contributed by atoms with Gasteiger partial charge in [0.15, 0.2) is 0 Å². The Bertz CT molecular complexity index is 615. The Kier molecular flexibility index (Phi) is 5.89. The third kappa shape index (κ3) is 4.55. The van der Waals surface area contributed by atoms with Crippen LogP contribution >= 0.6 is 0 Å². The van der Waals surface area contributed by atoms with Crippen molar-refractivity contribution < 1.29 is 28.8 Å². The Balaban J connectivity index is 1.84. The molecular weight excluding hydrogens is 316 g/mol. The second-order valence-electron chi connectivity index (χ2n) is 5.16. The van der Waals surface area contributed by atoms with Gasteiger partial charge in [0.1, 0.15) is 12.6 Å². The summed E-state index contributed by atoms with van der Waals surface area (Å²) in [6.07, 6.45) is -0.554. The smallest absolute Gasteiger partial charge is 0.408 e. The van der Waals surface area contributed by atoms with Crippen molar-refractivity contribution in [2.75, 3.05) is 0 Å². The number of rotatable bonds is 6. The van der Waals surface area contributed by atoms with Crippen LogP contribution in [-0.4, -0.2) is 35.0 Å². The molecule has 1 fully saturated rings. The van der Waals surface area contributed by atoms with E-state index in [1.165, 1.54) is 0 Å². The van der Waals surface area contributed by atoms with Crippen LogP contribution < -0.4 is 5.32 Å². The molecule has 2 rings (SSSR count). The van der Waals surface area contributed by atoms with Crippen LogP contribution in [0.25, 0.3) is 0 Å². The Morgan fingerprint density at radius 1 is 1.17 bits per heavy atom. The summed E-state index contributed by atoms with van der Waals surface area (Å²) < 4.78 is 5.02. The van der Waals surface area contributed by atoms with Crippen molar-refractivity contribution in [3.05, 3.63) is 35.9 Å². The topological polar surface area (TPSA) is 102 Å². The molecule has 1 aliphatic heterocycles. The molecular formula is C16H18N2O6. The van der Waals surface area contributed by atoms with E-state index in [1.54, 1.807) is 19.1 Å². The Morgan fingerprint density at radius 2 is 1.79 bits per heavy atom. The van der Waals surface area contributed by atoms with E-state index in [-0.39, 0.29) is 25.9 Å². The zero-order valence-corrected chi connectivity index (χ0v) is 13.2. The number of alkyl carbamates (subject to hydrolysis) is 1. The summed E-state index contributed by atoms with van der Waals surface area (Å²) >= 11 is 0. The van der Waals surface area contributed by atoms with Gasteiger partial charge in [0.2, 0.25) is 0 Å². The van der Waals surface area contributed by atoms with Crippen molar-refractivity contribution in [2.24, 2.45) is 0 Å². The van der Waals surface area contributed by atoms with Crippen LogP contribution in [0.15, 0.2) is 30.3 Å². The molecule has 24 heavy (non-hydrogen) atoms. The number of imide groups is 1. The zero-order chi connectivity index (χ0) is 17.5. The predicted molar refractivity (Wildman–Crippen MR) is 81.0 cm³/mol. The highest BCUT2D eigenvalue weighted by atomic mass is 16.7. The first-order chi connectivity index (χ1) is 11.5. The largest absolute Gasteiger partial charge is 0.445 e. The van der Waals surface area contributed by atoms with Crippen LogP contribution in [0.1, 0.15) is 31.7 Å². The van der Waals surface area contributed by atoms with E-state index >= 15 is 0 Å². The first kappa shape index (κ1) is 17.5. The van der Waals surface area contributed by atoms with Gasteiger partial charge in [-0.15, -0.1) is 5.06 Å². The van der Waals surface area contributed by atoms with Gasteiger partial charge in [-0.3, -0.25) is 9.59 Å². The molecule has 8 nitrogen and oxygen atoms in total. The summed E-state index contributed by atoms with van der Waals surface area (Å²) in [5.41, 5.74) is 0.802. The Hall–Kier alpha value is -2.90. The lowest BCUT2D eigenvalue weighted by molar-refractivity contribution is -0.198. The second kappa shape index (κ2) is 8.09. The Morgan fingerprint density at radius 3 is 2.38 bits per heavy atom. The monoisotopic (exact) mass is 334 g/mol. The predicted octanol–water partition coefficient (Wildman–Crippen LogP) is 1.30. The molecule has 128 valence electrons. The highest BCUT2D eigenvalue weighted by molar-refractivity contribution is 6.01. The summed E-state index contributed by atoms with van der Waals surface area (Å²) in [6, 6.07) is 8.04. The zero-order valence-electron chi connectivity index (χ0n) is 13.2. The molecule has 1 aliphatic rings. The maximum absolute atomic E-state index is 12.0. The molecule has 1 aromatic carbocycles. The van der Waals surface area contributed by atoms with Crippen LogP contribution in [0.4, 0.5) is 4.79 Å². The number of nitrogens with zero attached hydrogens (tertiary/aromatic N) is 1. The number of hydrogen-bond donors (Lipinski definition) is 1. The highest BCUT2D eigenvalue weighted by Gasteiger charge is 2.35. The van der Waals surface area contributed by atoms with Gasteiger partial charge in [-0.1, -0.05) is 37.3 Å². The fourth-order valence-electron chi connectivity index (χ4n) is 2.05. The van der Waals surface area contributed by atoms with Crippen LogP contribution in [0.5, 0.6) is 0 Å².